The van der Waals surface area contributed by atoms with E-state index in [9.17, 15) is 0 Å². The largest absolute Gasteiger partial charge is 0.384 e. The predicted molar refractivity (Wildman–Crippen MR) is 47.7 cm³/mol. The summed E-state index contributed by atoms with van der Waals surface area (Å²) in [4.78, 5) is 0. The van der Waals surface area contributed by atoms with Crippen LogP contribution in [0, 0.1) is 0 Å². The highest BCUT2D eigenvalue weighted by Gasteiger charge is 1.98. The second kappa shape index (κ2) is 7.38. The lowest BCUT2D eigenvalue weighted by Gasteiger charge is -2.08. The summed E-state index contributed by atoms with van der Waals surface area (Å²) in [7, 11) is 3.72. The Balaban J connectivity index is 2.97. The normalized spacial score (nSPS) is 13.5. The van der Waals surface area contributed by atoms with Crippen LogP contribution in [-0.4, -0.2) is 38.3 Å². The molecule has 0 aliphatic carbocycles. The van der Waals surface area contributed by atoms with E-state index in [2.05, 4.69) is 12.2 Å². The summed E-state index contributed by atoms with van der Waals surface area (Å²) in [6.45, 7) is 4.16. The smallest absolute Gasteiger partial charge is 0.0553 e. The number of rotatable bonds is 6. The summed E-state index contributed by atoms with van der Waals surface area (Å²) in [5.74, 6) is 1.10. The molecule has 0 bridgehead atoms. The molecule has 0 aromatic heterocycles. The molecule has 0 aromatic carbocycles. The monoisotopic (exact) mass is 163 g/mol. The lowest BCUT2D eigenvalue weighted by Crippen LogP contribution is -2.18. The number of nitrogens with one attached hydrogen (secondary N) is 1. The number of methoxy groups -OCH3 is 1. The van der Waals surface area contributed by atoms with Gasteiger partial charge in [-0.2, -0.15) is 11.8 Å². The van der Waals surface area contributed by atoms with E-state index in [0.29, 0.717) is 5.25 Å². The van der Waals surface area contributed by atoms with E-state index in [4.69, 9.17) is 4.74 Å². The minimum atomic E-state index is 0.695. The van der Waals surface area contributed by atoms with E-state index in [1.165, 1.54) is 0 Å². The van der Waals surface area contributed by atoms with Crippen LogP contribution < -0.4 is 5.32 Å². The molecule has 62 valence electrons. The van der Waals surface area contributed by atoms with Crippen molar-refractivity contribution in [2.75, 3.05) is 33.1 Å². The van der Waals surface area contributed by atoms with Gasteiger partial charge in [0.15, 0.2) is 0 Å². The van der Waals surface area contributed by atoms with E-state index in [-0.39, 0.29) is 0 Å². The van der Waals surface area contributed by atoms with Crippen molar-refractivity contribution < 1.29 is 4.74 Å². The molecule has 0 aliphatic heterocycles. The quantitative estimate of drug-likeness (QED) is 0.590. The summed E-state index contributed by atoms with van der Waals surface area (Å²) >= 11 is 1.94. The van der Waals surface area contributed by atoms with Gasteiger partial charge in [-0.25, -0.2) is 0 Å². The van der Waals surface area contributed by atoms with Crippen LogP contribution in [-0.2, 0) is 4.74 Å². The molecule has 0 rings (SSSR count). The van der Waals surface area contributed by atoms with Crippen molar-refractivity contribution in [3.63, 3.8) is 0 Å². The van der Waals surface area contributed by atoms with Crippen LogP contribution in [0.1, 0.15) is 6.92 Å². The lowest BCUT2D eigenvalue weighted by molar-refractivity contribution is 0.218. The summed E-state index contributed by atoms with van der Waals surface area (Å²) in [6, 6.07) is 0. The number of hydrogen-bond acceptors (Lipinski definition) is 3. The molecular formula is C7H17NOS. The maximum atomic E-state index is 4.93. The molecule has 0 aliphatic rings. The molecule has 10 heavy (non-hydrogen) atoms. The van der Waals surface area contributed by atoms with Gasteiger partial charge in [0.1, 0.15) is 0 Å². The molecule has 0 radical (unpaired) electrons. The summed E-state index contributed by atoms with van der Waals surface area (Å²) in [5.41, 5.74) is 0. The van der Waals surface area contributed by atoms with E-state index in [1.807, 2.05) is 18.8 Å². The van der Waals surface area contributed by atoms with Crippen LogP contribution in [0.3, 0.4) is 0 Å². The minimum absolute atomic E-state index is 0.695. The summed E-state index contributed by atoms with van der Waals surface area (Å²) in [6.07, 6.45) is 0. The van der Waals surface area contributed by atoms with E-state index < -0.39 is 0 Å². The maximum absolute atomic E-state index is 4.93. The highest BCUT2D eigenvalue weighted by molar-refractivity contribution is 7.99. The Bertz CT molecular complexity index is 70.6. The topological polar surface area (TPSA) is 21.3 Å². The molecule has 0 saturated carbocycles. The standard InChI is InChI=1S/C7H17NOS/c1-7(6-8-2)10-5-4-9-3/h7-8H,4-6H2,1-3H3. The Morgan fingerprint density at radius 1 is 1.60 bits per heavy atom. The van der Waals surface area contributed by atoms with Crippen molar-refractivity contribution in [1.82, 2.24) is 5.32 Å². The van der Waals surface area contributed by atoms with Crippen molar-refractivity contribution >= 4 is 11.8 Å². The fourth-order valence-electron chi connectivity index (χ4n) is 0.679. The molecule has 0 amide bonds. The predicted octanol–water partition coefficient (Wildman–Crippen LogP) is 0.974. The molecule has 3 heteroatoms. The van der Waals surface area contributed by atoms with Gasteiger partial charge in [0, 0.05) is 24.7 Å². The lowest BCUT2D eigenvalue weighted by atomic mass is 10.5. The first-order valence-electron chi connectivity index (χ1n) is 3.56. The van der Waals surface area contributed by atoms with Crippen LogP contribution in [0.25, 0.3) is 0 Å². The summed E-state index contributed by atoms with van der Waals surface area (Å²) in [5, 5.41) is 3.83. The highest BCUT2D eigenvalue weighted by Crippen LogP contribution is 2.07. The molecule has 0 spiro atoms. The van der Waals surface area contributed by atoms with E-state index >= 15 is 0 Å². The van der Waals surface area contributed by atoms with E-state index in [1.54, 1.807) is 7.11 Å². The number of hydrogen-bond donors (Lipinski definition) is 1. The molecule has 0 heterocycles. The molecule has 0 fully saturated rings. The van der Waals surface area contributed by atoms with Gasteiger partial charge in [-0.05, 0) is 7.05 Å². The van der Waals surface area contributed by atoms with Gasteiger partial charge in [0.2, 0.25) is 0 Å². The maximum Gasteiger partial charge on any atom is 0.0553 e. The minimum Gasteiger partial charge on any atom is -0.384 e. The average Bonchev–Trinajstić information content (AvgIpc) is 1.89. The fourth-order valence-corrected chi connectivity index (χ4v) is 1.63. The third-order valence-corrected chi connectivity index (χ3v) is 2.32. The Hall–Kier alpha value is 0.270. The zero-order chi connectivity index (χ0) is 7.82. The first-order chi connectivity index (χ1) is 4.81. The Morgan fingerprint density at radius 3 is 2.80 bits per heavy atom. The second-order valence-electron chi connectivity index (χ2n) is 2.23. The third-order valence-electron chi connectivity index (χ3n) is 1.18. The van der Waals surface area contributed by atoms with Gasteiger partial charge in [-0.1, -0.05) is 6.92 Å². The zero-order valence-corrected chi connectivity index (χ0v) is 7.83. The van der Waals surface area contributed by atoms with Gasteiger partial charge in [-0.3, -0.25) is 0 Å². The van der Waals surface area contributed by atoms with Crippen molar-refractivity contribution in [3.8, 4) is 0 Å². The van der Waals surface area contributed by atoms with Crippen LogP contribution in [0.4, 0.5) is 0 Å². The Labute approximate surface area is 67.7 Å². The van der Waals surface area contributed by atoms with Crippen LogP contribution in [0.15, 0.2) is 0 Å². The van der Waals surface area contributed by atoms with Crippen LogP contribution in [0.5, 0.6) is 0 Å². The average molecular weight is 163 g/mol. The van der Waals surface area contributed by atoms with Gasteiger partial charge in [0.05, 0.1) is 6.61 Å². The van der Waals surface area contributed by atoms with Gasteiger partial charge < -0.3 is 10.1 Å². The van der Waals surface area contributed by atoms with Crippen molar-refractivity contribution in [2.24, 2.45) is 0 Å². The van der Waals surface area contributed by atoms with Crippen LogP contribution in [0.2, 0.25) is 0 Å². The SMILES string of the molecule is CNCC(C)SCCOC. The first kappa shape index (κ1) is 10.3. The molecule has 2 nitrogen and oxygen atoms in total. The zero-order valence-electron chi connectivity index (χ0n) is 7.02. The van der Waals surface area contributed by atoms with Gasteiger partial charge >= 0.3 is 0 Å². The summed E-state index contributed by atoms with van der Waals surface area (Å²) < 4.78 is 4.93. The molecule has 0 saturated heterocycles. The first-order valence-corrected chi connectivity index (χ1v) is 4.61. The van der Waals surface area contributed by atoms with Crippen molar-refractivity contribution in [3.05, 3.63) is 0 Å². The number of thioether (sulfide) groups is 1. The molecule has 1 atom stereocenters. The fraction of sp³-hybridized carbons (Fsp3) is 1.00. The van der Waals surface area contributed by atoms with E-state index in [0.717, 1.165) is 18.9 Å². The number of ether oxygens (including phenoxy) is 1. The third kappa shape index (κ3) is 6.39. The Morgan fingerprint density at radius 2 is 2.30 bits per heavy atom. The molecular weight excluding hydrogens is 146 g/mol. The van der Waals surface area contributed by atoms with Gasteiger partial charge in [0.25, 0.3) is 0 Å². The van der Waals surface area contributed by atoms with Crippen LogP contribution >= 0.6 is 11.8 Å². The second-order valence-corrected chi connectivity index (χ2v) is 3.78. The highest BCUT2D eigenvalue weighted by atomic mass is 32.2. The molecule has 0 aromatic rings. The van der Waals surface area contributed by atoms with Gasteiger partial charge in [-0.15, -0.1) is 0 Å². The van der Waals surface area contributed by atoms with Crippen molar-refractivity contribution in [1.29, 1.82) is 0 Å². The molecule has 1 unspecified atom stereocenters. The Kier molecular flexibility index (Phi) is 7.58. The van der Waals surface area contributed by atoms with Crippen molar-refractivity contribution in [2.45, 2.75) is 12.2 Å². The molecule has 1 N–H and O–H groups in total.